The number of benzene rings is 2. The number of carbonyl (C=O) groups is 2. The number of anilines is 1. The molecule has 6 rings (SSSR count). The van der Waals surface area contributed by atoms with Crippen LogP contribution in [0.5, 0.6) is 11.5 Å². The molecule has 10 nitrogen and oxygen atoms in total. The molecule has 0 spiro atoms. The molecule has 3 aliphatic rings. The van der Waals surface area contributed by atoms with Crippen LogP contribution in [-0.4, -0.2) is 59.6 Å². The lowest BCUT2D eigenvalue weighted by molar-refractivity contribution is -0.121. The van der Waals surface area contributed by atoms with E-state index in [2.05, 4.69) is 5.10 Å². The first-order chi connectivity index (χ1) is 17.4. The Kier molecular flexibility index (Phi) is 5.35. The number of ether oxygens (including phenoxy) is 3. The maximum atomic E-state index is 13.9. The summed E-state index contributed by atoms with van der Waals surface area (Å²) in [6.45, 7) is 3.42. The number of hydrogen-bond acceptors (Lipinski definition) is 7. The van der Waals surface area contributed by atoms with Crippen LogP contribution in [0.1, 0.15) is 11.3 Å². The lowest BCUT2D eigenvalue weighted by Crippen LogP contribution is -2.40. The van der Waals surface area contributed by atoms with Crippen molar-refractivity contribution in [1.82, 2.24) is 14.7 Å². The normalized spacial score (nSPS) is 17.5. The largest absolute Gasteiger partial charge is 0.454 e. The summed E-state index contributed by atoms with van der Waals surface area (Å²) in [7, 11) is 0. The second kappa shape index (κ2) is 8.58. The van der Waals surface area contributed by atoms with Crippen LogP contribution < -0.4 is 19.9 Å². The number of halogens is 1. The van der Waals surface area contributed by atoms with Gasteiger partial charge in [0.15, 0.2) is 11.5 Å². The van der Waals surface area contributed by atoms with Crippen molar-refractivity contribution in [2.24, 2.45) is 0 Å². The zero-order valence-corrected chi connectivity index (χ0v) is 20.0. The van der Waals surface area contributed by atoms with E-state index in [1.807, 2.05) is 4.90 Å². The van der Waals surface area contributed by atoms with E-state index in [1.54, 1.807) is 49.4 Å². The molecule has 36 heavy (non-hydrogen) atoms. The molecular weight excluding hydrogens is 488 g/mol. The van der Waals surface area contributed by atoms with Gasteiger partial charge in [0.05, 0.1) is 35.7 Å². The topological polar surface area (TPSA) is 106 Å². The van der Waals surface area contributed by atoms with E-state index in [0.717, 1.165) is 4.90 Å². The number of H-pyrrole nitrogens is 1. The van der Waals surface area contributed by atoms with Crippen LogP contribution in [0.4, 0.5) is 5.69 Å². The smallest absolute Gasteiger partial charge is 0.282 e. The van der Waals surface area contributed by atoms with Gasteiger partial charge in [0.1, 0.15) is 5.70 Å². The van der Waals surface area contributed by atoms with Gasteiger partial charge in [-0.3, -0.25) is 19.5 Å². The molecule has 3 aromatic rings. The number of aromatic amines is 1. The van der Waals surface area contributed by atoms with Crippen LogP contribution in [0.3, 0.4) is 0 Å². The number of carbonyl (C=O) groups excluding carboxylic acids is 2. The maximum absolute atomic E-state index is 13.9. The Balaban J connectivity index is 1.50. The number of fused-ring (bicyclic) bond motifs is 1. The number of amides is 2. The van der Waals surface area contributed by atoms with Gasteiger partial charge >= 0.3 is 0 Å². The molecular formula is C25H21ClN4O6. The van der Waals surface area contributed by atoms with Crippen LogP contribution in [0.15, 0.2) is 53.0 Å². The fourth-order valence-corrected chi connectivity index (χ4v) is 4.82. The first-order valence-corrected chi connectivity index (χ1v) is 11.7. The number of hydrogen-bond donors (Lipinski definition) is 1. The van der Waals surface area contributed by atoms with Crippen LogP contribution in [0, 0.1) is 6.92 Å². The average molecular weight is 509 g/mol. The summed E-state index contributed by atoms with van der Waals surface area (Å²) in [6.07, 6.45) is 0. The lowest BCUT2D eigenvalue weighted by Gasteiger charge is -2.29. The van der Waals surface area contributed by atoms with Gasteiger partial charge in [-0.05, 0) is 43.3 Å². The van der Waals surface area contributed by atoms with Crippen molar-refractivity contribution >= 4 is 34.7 Å². The summed E-state index contributed by atoms with van der Waals surface area (Å²) < 4.78 is 17.6. The highest BCUT2D eigenvalue weighted by atomic mass is 35.5. The molecule has 184 valence electrons. The molecule has 0 radical (unpaired) electrons. The number of morpholine rings is 1. The Morgan fingerprint density at radius 3 is 2.33 bits per heavy atom. The summed E-state index contributed by atoms with van der Waals surface area (Å²) in [6, 6.07) is 11.6. The van der Waals surface area contributed by atoms with Crippen LogP contribution >= 0.6 is 11.6 Å². The summed E-state index contributed by atoms with van der Waals surface area (Å²) in [5, 5.41) is 3.57. The van der Waals surface area contributed by atoms with Crippen molar-refractivity contribution in [3.63, 3.8) is 0 Å². The molecule has 11 heteroatoms. The second-order valence-electron chi connectivity index (χ2n) is 8.54. The van der Waals surface area contributed by atoms with E-state index < -0.39 is 17.4 Å². The highest BCUT2D eigenvalue weighted by Gasteiger charge is 2.45. The minimum atomic E-state index is -0.581. The zero-order valence-electron chi connectivity index (χ0n) is 19.2. The Labute approximate surface area is 210 Å². The van der Waals surface area contributed by atoms with E-state index >= 15 is 0 Å². The molecule has 4 heterocycles. The Hall–Kier alpha value is -4.02. The number of aromatic nitrogens is 2. The highest BCUT2D eigenvalue weighted by Crippen LogP contribution is 2.40. The first kappa shape index (κ1) is 22.4. The van der Waals surface area contributed by atoms with Gasteiger partial charge < -0.3 is 19.1 Å². The van der Waals surface area contributed by atoms with Crippen molar-refractivity contribution < 1.29 is 23.8 Å². The van der Waals surface area contributed by atoms with Crippen molar-refractivity contribution in [3.05, 3.63) is 74.8 Å². The SMILES string of the molecule is Cc1[nH]n(-c2ccc(Cl)cc2)c(=O)c1C1=C(N2CCOCC2)C(=O)N(c2ccc3c(c2)OCO3)C1=O. The predicted octanol–water partition coefficient (Wildman–Crippen LogP) is 2.47. The third kappa shape index (κ3) is 3.49. The molecule has 0 atom stereocenters. The molecule has 0 bridgehead atoms. The Bertz CT molecular complexity index is 1480. The summed E-state index contributed by atoms with van der Waals surface area (Å²) in [5.74, 6) is -0.110. The van der Waals surface area contributed by atoms with Gasteiger partial charge in [-0.2, -0.15) is 0 Å². The van der Waals surface area contributed by atoms with E-state index in [0.29, 0.717) is 59.9 Å². The minimum Gasteiger partial charge on any atom is -0.454 e. The van der Waals surface area contributed by atoms with Crippen molar-refractivity contribution in [2.45, 2.75) is 6.92 Å². The lowest BCUT2D eigenvalue weighted by atomic mass is 10.0. The second-order valence-corrected chi connectivity index (χ2v) is 8.97. The quantitative estimate of drug-likeness (QED) is 0.540. The highest BCUT2D eigenvalue weighted by molar-refractivity contribution is 6.45. The Morgan fingerprint density at radius 2 is 1.58 bits per heavy atom. The zero-order chi connectivity index (χ0) is 25.0. The van der Waals surface area contributed by atoms with E-state index in [1.165, 1.54) is 4.68 Å². The van der Waals surface area contributed by atoms with Gasteiger partial charge in [0, 0.05) is 29.9 Å². The molecule has 0 aliphatic carbocycles. The van der Waals surface area contributed by atoms with Gasteiger partial charge in [-0.15, -0.1) is 0 Å². The predicted molar refractivity (Wildman–Crippen MR) is 131 cm³/mol. The van der Waals surface area contributed by atoms with Crippen LogP contribution in [-0.2, 0) is 14.3 Å². The van der Waals surface area contributed by atoms with Crippen molar-refractivity contribution in [2.75, 3.05) is 38.0 Å². The third-order valence-corrected chi connectivity index (χ3v) is 6.66. The fourth-order valence-electron chi connectivity index (χ4n) is 4.70. The van der Waals surface area contributed by atoms with Gasteiger partial charge in [-0.1, -0.05) is 11.6 Å². The molecule has 0 unspecified atom stereocenters. The number of aryl methyl sites for hydroxylation is 1. The number of rotatable bonds is 4. The fraction of sp³-hybridized carbons (Fsp3) is 0.240. The molecule has 0 saturated carbocycles. The molecule has 1 saturated heterocycles. The molecule has 1 fully saturated rings. The van der Waals surface area contributed by atoms with E-state index in [4.69, 9.17) is 25.8 Å². The summed E-state index contributed by atoms with van der Waals surface area (Å²) >= 11 is 6.00. The number of imide groups is 1. The summed E-state index contributed by atoms with van der Waals surface area (Å²) in [4.78, 5) is 44.2. The third-order valence-electron chi connectivity index (χ3n) is 6.41. The van der Waals surface area contributed by atoms with E-state index in [9.17, 15) is 14.4 Å². The molecule has 2 amide bonds. The van der Waals surface area contributed by atoms with E-state index in [-0.39, 0.29) is 23.6 Å². The van der Waals surface area contributed by atoms with Gasteiger partial charge in [0.2, 0.25) is 6.79 Å². The van der Waals surface area contributed by atoms with Crippen LogP contribution in [0.25, 0.3) is 11.3 Å². The molecule has 1 N–H and O–H groups in total. The van der Waals surface area contributed by atoms with Crippen molar-refractivity contribution in [1.29, 1.82) is 0 Å². The van der Waals surface area contributed by atoms with Crippen LogP contribution in [0.2, 0.25) is 5.02 Å². The molecule has 3 aliphatic heterocycles. The molecule has 1 aromatic heterocycles. The standard InChI is InChI=1S/C25H21ClN4O6/c1-14-20(24(32)30(27-14)16-4-2-15(26)3-5-16)21-22(28-8-10-34-11-9-28)25(33)29(23(21)31)17-6-7-18-19(12-17)36-13-35-18/h2-7,12,27H,8-11,13H2,1H3. The summed E-state index contributed by atoms with van der Waals surface area (Å²) in [5.41, 5.74) is 1.30. The minimum absolute atomic E-state index is 0.0611. The maximum Gasteiger partial charge on any atom is 0.282 e. The average Bonchev–Trinajstić information content (AvgIpc) is 3.53. The van der Waals surface area contributed by atoms with Crippen molar-refractivity contribution in [3.8, 4) is 17.2 Å². The Morgan fingerprint density at radius 1 is 0.889 bits per heavy atom. The first-order valence-electron chi connectivity index (χ1n) is 11.4. The number of nitrogens with one attached hydrogen (secondary N) is 1. The molecule has 2 aromatic carbocycles. The van der Waals surface area contributed by atoms with Gasteiger partial charge in [-0.25, -0.2) is 9.58 Å². The monoisotopic (exact) mass is 508 g/mol. The van der Waals surface area contributed by atoms with Gasteiger partial charge in [0.25, 0.3) is 17.4 Å². The number of nitrogens with zero attached hydrogens (tertiary/aromatic N) is 3.